The van der Waals surface area contributed by atoms with E-state index in [0.29, 0.717) is 0 Å². The van der Waals surface area contributed by atoms with Crippen LogP contribution in [0.3, 0.4) is 0 Å². The van der Waals surface area contributed by atoms with Crippen molar-refractivity contribution in [1.82, 2.24) is 5.32 Å². The van der Waals surface area contributed by atoms with Crippen LogP contribution in [-0.2, 0) is 0 Å². The second kappa shape index (κ2) is 6.34. The van der Waals surface area contributed by atoms with Crippen LogP contribution in [0.5, 0.6) is 0 Å². The van der Waals surface area contributed by atoms with Gasteiger partial charge in [-0.2, -0.15) is 0 Å². The highest BCUT2D eigenvalue weighted by atomic mass is 35.5. The maximum atomic E-state index is 6.35. The molecular formula is C15H22Cl2N2. The molecule has 2 rings (SSSR count). The Labute approximate surface area is 126 Å². The third-order valence-electron chi connectivity index (χ3n) is 4.21. The molecule has 2 nitrogen and oxygen atoms in total. The molecule has 1 aliphatic heterocycles. The van der Waals surface area contributed by atoms with Crippen LogP contribution < -0.4 is 10.2 Å². The Morgan fingerprint density at radius 3 is 2.42 bits per heavy atom. The van der Waals surface area contributed by atoms with Crippen molar-refractivity contribution in [3.8, 4) is 0 Å². The first kappa shape index (κ1) is 15.0. The van der Waals surface area contributed by atoms with Crippen molar-refractivity contribution in [1.29, 1.82) is 0 Å². The average molecular weight is 301 g/mol. The Morgan fingerprint density at radius 2 is 1.84 bits per heavy atom. The summed E-state index contributed by atoms with van der Waals surface area (Å²) in [4.78, 5) is 2.34. The number of nitrogens with one attached hydrogen (secondary N) is 1. The van der Waals surface area contributed by atoms with Crippen LogP contribution in [0.1, 0.15) is 33.1 Å². The van der Waals surface area contributed by atoms with Crippen LogP contribution in [0, 0.1) is 0 Å². The Balaban J connectivity index is 2.33. The lowest BCUT2D eigenvalue weighted by atomic mass is 9.92. The lowest BCUT2D eigenvalue weighted by Crippen LogP contribution is -2.50. The topological polar surface area (TPSA) is 15.3 Å². The maximum Gasteiger partial charge on any atom is 0.0745 e. The van der Waals surface area contributed by atoms with Gasteiger partial charge in [-0.3, -0.25) is 0 Å². The molecule has 4 heteroatoms. The molecule has 19 heavy (non-hydrogen) atoms. The SMILES string of the molecule is CCC1(CC)CN(c2c(Cl)cccc2Cl)CCCN1. The maximum absolute atomic E-state index is 6.35. The van der Waals surface area contributed by atoms with Gasteiger partial charge in [-0.15, -0.1) is 0 Å². The Morgan fingerprint density at radius 1 is 1.21 bits per heavy atom. The summed E-state index contributed by atoms with van der Waals surface area (Å²) in [5.74, 6) is 0. The van der Waals surface area contributed by atoms with E-state index in [1.807, 2.05) is 18.2 Å². The van der Waals surface area contributed by atoms with E-state index < -0.39 is 0 Å². The summed E-state index contributed by atoms with van der Waals surface area (Å²) in [6, 6.07) is 5.73. The first-order valence-electron chi connectivity index (χ1n) is 7.06. The molecule has 0 aromatic heterocycles. The van der Waals surface area contributed by atoms with Crippen molar-refractivity contribution in [3.05, 3.63) is 28.2 Å². The fraction of sp³-hybridized carbons (Fsp3) is 0.600. The van der Waals surface area contributed by atoms with E-state index >= 15 is 0 Å². The van der Waals surface area contributed by atoms with Gasteiger partial charge in [-0.05, 0) is 37.9 Å². The van der Waals surface area contributed by atoms with Crippen molar-refractivity contribution in [2.75, 3.05) is 24.5 Å². The zero-order valence-corrected chi connectivity index (χ0v) is 13.2. The van der Waals surface area contributed by atoms with Crippen LogP contribution in [0.25, 0.3) is 0 Å². The number of hydrogen-bond donors (Lipinski definition) is 1. The molecule has 0 atom stereocenters. The van der Waals surface area contributed by atoms with Crippen LogP contribution >= 0.6 is 23.2 Å². The molecule has 1 saturated heterocycles. The number of hydrogen-bond acceptors (Lipinski definition) is 2. The Hall–Kier alpha value is -0.440. The first-order valence-corrected chi connectivity index (χ1v) is 7.81. The molecule has 106 valence electrons. The number of nitrogens with zero attached hydrogens (tertiary/aromatic N) is 1. The van der Waals surface area contributed by atoms with Crippen molar-refractivity contribution in [3.63, 3.8) is 0 Å². The number of halogens is 2. The minimum absolute atomic E-state index is 0.166. The second-order valence-corrected chi connectivity index (χ2v) is 6.07. The highest BCUT2D eigenvalue weighted by molar-refractivity contribution is 6.39. The van der Waals surface area contributed by atoms with E-state index in [2.05, 4.69) is 24.1 Å². The van der Waals surface area contributed by atoms with E-state index in [1.165, 1.54) is 0 Å². The molecule has 0 unspecified atom stereocenters. The summed E-state index contributed by atoms with van der Waals surface area (Å²) < 4.78 is 0. The van der Waals surface area contributed by atoms with Gasteiger partial charge in [0.05, 0.1) is 15.7 Å². The largest absolute Gasteiger partial charge is 0.367 e. The smallest absolute Gasteiger partial charge is 0.0745 e. The van der Waals surface area contributed by atoms with Crippen LogP contribution in [0.2, 0.25) is 10.0 Å². The molecule has 0 spiro atoms. The van der Waals surface area contributed by atoms with Gasteiger partial charge >= 0.3 is 0 Å². The molecule has 0 radical (unpaired) electrons. The summed E-state index contributed by atoms with van der Waals surface area (Å²) >= 11 is 12.7. The number of benzene rings is 1. The van der Waals surface area contributed by atoms with E-state index in [4.69, 9.17) is 23.2 Å². The van der Waals surface area contributed by atoms with Gasteiger partial charge in [0.15, 0.2) is 0 Å². The van der Waals surface area contributed by atoms with Gasteiger partial charge in [-0.25, -0.2) is 0 Å². The summed E-state index contributed by atoms with van der Waals surface area (Å²) in [5.41, 5.74) is 1.15. The molecule has 0 bridgehead atoms. The minimum Gasteiger partial charge on any atom is -0.367 e. The first-order chi connectivity index (χ1) is 9.12. The molecule has 1 aromatic rings. The molecule has 0 aliphatic carbocycles. The quantitative estimate of drug-likeness (QED) is 0.893. The average Bonchev–Trinajstić information content (AvgIpc) is 2.62. The molecule has 1 N–H and O–H groups in total. The minimum atomic E-state index is 0.166. The van der Waals surface area contributed by atoms with Crippen LogP contribution in [0.15, 0.2) is 18.2 Å². The number of para-hydroxylation sites is 1. The van der Waals surface area contributed by atoms with Crippen molar-refractivity contribution in [2.45, 2.75) is 38.6 Å². The number of rotatable bonds is 3. The van der Waals surface area contributed by atoms with Crippen molar-refractivity contribution in [2.24, 2.45) is 0 Å². The molecule has 1 fully saturated rings. The third-order valence-corrected chi connectivity index (χ3v) is 4.82. The van der Waals surface area contributed by atoms with Gasteiger partial charge in [-0.1, -0.05) is 43.1 Å². The molecule has 0 saturated carbocycles. The lowest BCUT2D eigenvalue weighted by Gasteiger charge is -2.37. The zero-order chi connectivity index (χ0) is 13.9. The standard InChI is InChI=1S/C15H22Cl2N2/c1-3-15(4-2)11-19(10-6-9-18-15)14-12(16)7-5-8-13(14)17/h5,7-8,18H,3-4,6,9-11H2,1-2H3. The predicted octanol–water partition coefficient (Wildman–Crippen LogP) is 4.35. The monoisotopic (exact) mass is 300 g/mol. The molecular weight excluding hydrogens is 279 g/mol. The van der Waals surface area contributed by atoms with E-state index in [1.54, 1.807) is 0 Å². The van der Waals surface area contributed by atoms with E-state index in [0.717, 1.165) is 54.6 Å². The van der Waals surface area contributed by atoms with Gasteiger partial charge in [0, 0.05) is 18.6 Å². The highest BCUT2D eigenvalue weighted by Gasteiger charge is 2.31. The fourth-order valence-corrected chi connectivity index (χ4v) is 3.47. The molecule has 0 amide bonds. The second-order valence-electron chi connectivity index (χ2n) is 5.26. The third kappa shape index (κ3) is 3.18. The van der Waals surface area contributed by atoms with Gasteiger partial charge in [0.25, 0.3) is 0 Å². The Bertz CT molecular complexity index is 410. The summed E-state index contributed by atoms with van der Waals surface area (Å²) in [6.07, 6.45) is 3.34. The van der Waals surface area contributed by atoms with Crippen LogP contribution in [0.4, 0.5) is 5.69 Å². The van der Waals surface area contributed by atoms with Crippen molar-refractivity contribution < 1.29 is 0 Å². The van der Waals surface area contributed by atoms with Gasteiger partial charge in [0.2, 0.25) is 0 Å². The molecule has 1 heterocycles. The van der Waals surface area contributed by atoms with Gasteiger partial charge in [0.1, 0.15) is 0 Å². The fourth-order valence-electron chi connectivity index (χ4n) is 2.83. The highest BCUT2D eigenvalue weighted by Crippen LogP contribution is 2.35. The van der Waals surface area contributed by atoms with Crippen molar-refractivity contribution >= 4 is 28.9 Å². The van der Waals surface area contributed by atoms with Crippen LogP contribution in [-0.4, -0.2) is 25.2 Å². The lowest BCUT2D eigenvalue weighted by molar-refractivity contribution is 0.321. The van der Waals surface area contributed by atoms with Gasteiger partial charge < -0.3 is 10.2 Å². The summed E-state index contributed by atoms with van der Waals surface area (Å²) in [6.45, 7) is 7.50. The zero-order valence-electron chi connectivity index (χ0n) is 11.7. The van der Waals surface area contributed by atoms with E-state index in [9.17, 15) is 0 Å². The summed E-state index contributed by atoms with van der Waals surface area (Å²) in [5, 5.41) is 5.20. The molecule has 1 aliphatic rings. The normalized spacial score (nSPS) is 19.3. The number of anilines is 1. The Kier molecular flexibility index (Phi) is 4.99. The predicted molar refractivity (Wildman–Crippen MR) is 84.6 cm³/mol. The summed E-state index contributed by atoms with van der Waals surface area (Å²) in [7, 11) is 0. The van der Waals surface area contributed by atoms with E-state index in [-0.39, 0.29) is 5.54 Å². The molecule has 1 aromatic carbocycles.